The van der Waals surface area contributed by atoms with Crippen molar-refractivity contribution in [3.05, 3.63) is 11.3 Å². The lowest BCUT2D eigenvalue weighted by atomic mass is 9.94. The first-order valence-electron chi connectivity index (χ1n) is 4.12. The predicted octanol–water partition coefficient (Wildman–Crippen LogP) is 0.747. The molecule has 1 heterocycles. The third-order valence-corrected chi connectivity index (χ3v) is 2.27. The third-order valence-electron chi connectivity index (χ3n) is 2.27. The van der Waals surface area contributed by atoms with Crippen molar-refractivity contribution in [2.24, 2.45) is 10.8 Å². The molecule has 0 aromatic heterocycles. The minimum atomic E-state index is 0.544. The maximum atomic E-state index is 5.52. The Morgan fingerprint density at radius 2 is 2.09 bits per heavy atom. The second-order valence-electron chi connectivity index (χ2n) is 2.98. The van der Waals surface area contributed by atoms with Crippen LogP contribution in [0.15, 0.2) is 16.4 Å². The highest BCUT2D eigenvalue weighted by Crippen LogP contribution is 2.27. The van der Waals surface area contributed by atoms with E-state index >= 15 is 0 Å². The van der Waals surface area contributed by atoms with Crippen LogP contribution >= 0.6 is 0 Å². The molecular weight excluding hydrogens is 138 g/mol. The summed E-state index contributed by atoms with van der Waals surface area (Å²) in [5, 5.41) is 4.04. The van der Waals surface area contributed by atoms with Gasteiger partial charge in [-0.1, -0.05) is 0 Å². The summed E-state index contributed by atoms with van der Waals surface area (Å²) in [4.78, 5) is 0. The molecule has 11 heavy (non-hydrogen) atoms. The number of rotatable bonds is 1. The minimum Gasteiger partial charge on any atom is -0.325 e. The van der Waals surface area contributed by atoms with E-state index in [1.807, 2.05) is 0 Å². The molecule has 0 atom stereocenters. The van der Waals surface area contributed by atoms with Crippen molar-refractivity contribution < 1.29 is 0 Å². The monoisotopic (exact) mass is 150 g/mol. The SMILES string of the molecule is NCC1=N[N]C2=C1CCCC2. The van der Waals surface area contributed by atoms with Crippen LogP contribution in [0.5, 0.6) is 0 Å². The zero-order valence-corrected chi connectivity index (χ0v) is 6.51. The van der Waals surface area contributed by atoms with Gasteiger partial charge < -0.3 is 5.73 Å². The Balaban J connectivity index is 2.22. The van der Waals surface area contributed by atoms with Gasteiger partial charge in [0.05, 0.1) is 11.4 Å². The number of nitrogens with two attached hydrogens (primary N) is 1. The molecule has 0 saturated heterocycles. The Kier molecular flexibility index (Phi) is 1.66. The van der Waals surface area contributed by atoms with Gasteiger partial charge in [-0.25, -0.2) is 0 Å². The maximum Gasteiger partial charge on any atom is 0.0817 e. The molecule has 0 spiro atoms. The second kappa shape index (κ2) is 2.66. The Morgan fingerprint density at radius 1 is 1.27 bits per heavy atom. The van der Waals surface area contributed by atoms with E-state index in [1.54, 1.807) is 0 Å². The van der Waals surface area contributed by atoms with Gasteiger partial charge in [0.15, 0.2) is 0 Å². The van der Waals surface area contributed by atoms with Gasteiger partial charge in [0.2, 0.25) is 0 Å². The first-order chi connectivity index (χ1) is 5.42. The molecule has 2 rings (SSSR count). The van der Waals surface area contributed by atoms with Gasteiger partial charge in [-0.05, 0) is 25.7 Å². The van der Waals surface area contributed by atoms with Crippen LogP contribution in [-0.2, 0) is 0 Å². The van der Waals surface area contributed by atoms with Gasteiger partial charge in [-0.2, -0.15) is 10.5 Å². The smallest absolute Gasteiger partial charge is 0.0817 e. The normalized spacial score (nSPS) is 22.8. The molecule has 2 N–H and O–H groups in total. The second-order valence-corrected chi connectivity index (χ2v) is 2.98. The van der Waals surface area contributed by atoms with Gasteiger partial charge in [-0.15, -0.1) is 0 Å². The fraction of sp³-hybridized carbons (Fsp3) is 0.625. The van der Waals surface area contributed by atoms with Crippen molar-refractivity contribution in [1.82, 2.24) is 5.43 Å². The molecule has 59 valence electrons. The Bertz CT molecular complexity index is 227. The maximum absolute atomic E-state index is 5.52. The van der Waals surface area contributed by atoms with Crippen LogP contribution in [0, 0.1) is 0 Å². The molecule has 1 aliphatic carbocycles. The van der Waals surface area contributed by atoms with Gasteiger partial charge >= 0.3 is 0 Å². The van der Waals surface area contributed by atoms with Crippen molar-refractivity contribution >= 4 is 5.71 Å². The summed E-state index contributed by atoms with van der Waals surface area (Å²) in [6.45, 7) is 0.544. The number of hydrogen-bond donors (Lipinski definition) is 1. The fourth-order valence-corrected chi connectivity index (χ4v) is 1.66. The van der Waals surface area contributed by atoms with Crippen LogP contribution in [0.3, 0.4) is 0 Å². The molecule has 0 fully saturated rings. The van der Waals surface area contributed by atoms with Crippen LogP contribution in [0.4, 0.5) is 0 Å². The highest BCUT2D eigenvalue weighted by atomic mass is 15.3. The summed E-state index contributed by atoms with van der Waals surface area (Å²) in [6, 6.07) is 0. The van der Waals surface area contributed by atoms with E-state index in [1.165, 1.54) is 24.1 Å². The largest absolute Gasteiger partial charge is 0.325 e. The van der Waals surface area contributed by atoms with E-state index in [-0.39, 0.29) is 0 Å². The summed E-state index contributed by atoms with van der Waals surface area (Å²) in [5.74, 6) is 0. The molecule has 2 aliphatic rings. The lowest BCUT2D eigenvalue weighted by Gasteiger charge is -2.11. The highest BCUT2D eigenvalue weighted by molar-refractivity contribution is 6.03. The fourth-order valence-electron chi connectivity index (χ4n) is 1.66. The highest BCUT2D eigenvalue weighted by Gasteiger charge is 2.22. The third kappa shape index (κ3) is 1.05. The van der Waals surface area contributed by atoms with E-state index in [0.717, 1.165) is 18.6 Å². The summed E-state index contributed by atoms with van der Waals surface area (Å²) in [6.07, 6.45) is 4.76. The molecule has 0 saturated carbocycles. The Morgan fingerprint density at radius 3 is 2.91 bits per heavy atom. The number of hydrogen-bond acceptors (Lipinski definition) is 2. The predicted molar refractivity (Wildman–Crippen MR) is 44.1 cm³/mol. The molecule has 1 aliphatic heterocycles. The molecule has 3 nitrogen and oxygen atoms in total. The molecule has 0 amide bonds. The molecule has 0 bridgehead atoms. The zero-order valence-electron chi connectivity index (χ0n) is 6.51. The van der Waals surface area contributed by atoms with Crippen molar-refractivity contribution in [3.8, 4) is 0 Å². The summed E-state index contributed by atoms with van der Waals surface area (Å²) in [5.41, 5.74) is 13.2. The molecular formula is C8H12N3. The first-order valence-corrected chi connectivity index (χ1v) is 4.12. The molecule has 0 aromatic rings. The standard InChI is InChI=1S/C8H12N3/c9-5-8-6-3-1-2-4-7(6)10-11-8/h1-5,9H2. The molecule has 1 radical (unpaired) electrons. The molecule has 0 unspecified atom stereocenters. The van der Waals surface area contributed by atoms with Crippen LogP contribution in [0.2, 0.25) is 0 Å². The van der Waals surface area contributed by atoms with Gasteiger partial charge in [0, 0.05) is 12.1 Å². The van der Waals surface area contributed by atoms with Crippen molar-refractivity contribution in [3.63, 3.8) is 0 Å². The Hall–Kier alpha value is -0.830. The topological polar surface area (TPSA) is 52.5 Å². The van der Waals surface area contributed by atoms with E-state index in [4.69, 9.17) is 5.73 Å². The van der Waals surface area contributed by atoms with Crippen LogP contribution in [0.25, 0.3) is 0 Å². The van der Waals surface area contributed by atoms with E-state index in [0.29, 0.717) is 6.54 Å². The van der Waals surface area contributed by atoms with Crippen LogP contribution in [-0.4, -0.2) is 12.3 Å². The quantitative estimate of drug-likeness (QED) is 0.589. The molecule has 0 aromatic carbocycles. The van der Waals surface area contributed by atoms with Crippen LogP contribution < -0.4 is 11.2 Å². The average molecular weight is 150 g/mol. The van der Waals surface area contributed by atoms with Crippen molar-refractivity contribution in [1.29, 1.82) is 0 Å². The minimum absolute atomic E-state index is 0.544. The zero-order chi connectivity index (χ0) is 7.68. The van der Waals surface area contributed by atoms with E-state index in [9.17, 15) is 0 Å². The van der Waals surface area contributed by atoms with Gasteiger partial charge in [0.25, 0.3) is 0 Å². The summed E-state index contributed by atoms with van der Waals surface area (Å²) >= 11 is 0. The number of nitrogens with zero attached hydrogens (tertiary/aromatic N) is 2. The molecule has 3 heteroatoms. The summed E-state index contributed by atoms with van der Waals surface area (Å²) < 4.78 is 0. The first kappa shape index (κ1) is 6.85. The van der Waals surface area contributed by atoms with Crippen molar-refractivity contribution in [2.75, 3.05) is 6.54 Å². The lowest BCUT2D eigenvalue weighted by molar-refractivity contribution is 0.652. The van der Waals surface area contributed by atoms with Crippen molar-refractivity contribution in [2.45, 2.75) is 25.7 Å². The van der Waals surface area contributed by atoms with Gasteiger partial charge in [0.1, 0.15) is 0 Å². The number of allylic oxidation sites excluding steroid dienone is 1. The summed E-state index contributed by atoms with van der Waals surface area (Å²) in [7, 11) is 0. The van der Waals surface area contributed by atoms with Gasteiger partial charge in [-0.3, -0.25) is 0 Å². The average Bonchev–Trinajstić information content (AvgIpc) is 2.47. The van der Waals surface area contributed by atoms with E-state index in [2.05, 4.69) is 10.5 Å². The lowest BCUT2D eigenvalue weighted by Crippen LogP contribution is -2.15. The Labute approximate surface area is 66.3 Å². The van der Waals surface area contributed by atoms with E-state index < -0.39 is 0 Å². The van der Waals surface area contributed by atoms with Crippen LogP contribution in [0.1, 0.15) is 25.7 Å².